The van der Waals surface area contributed by atoms with Gasteiger partial charge in [0.15, 0.2) is 0 Å². The second kappa shape index (κ2) is 5.86. The summed E-state index contributed by atoms with van der Waals surface area (Å²) in [6, 6.07) is 0.131. The van der Waals surface area contributed by atoms with Crippen LogP contribution in [0.1, 0.15) is 24.3 Å². The maximum atomic E-state index is 12.5. The van der Waals surface area contributed by atoms with Crippen LogP contribution in [-0.4, -0.2) is 58.7 Å². The minimum absolute atomic E-state index is 0.0654. The predicted octanol–water partition coefficient (Wildman–Crippen LogP) is 0.415. The number of aromatic nitrogens is 2. The quantitative estimate of drug-likeness (QED) is 0.825. The first-order chi connectivity index (χ1) is 8.38. The van der Waals surface area contributed by atoms with E-state index in [4.69, 9.17) is 5.73 Å². The summed E-state index contributed by atoms with van der Waals surface area (Å²) in [7, 11) is 5.72. The zero-order valence-corrected chi connectivity index (χ0v) is 11.8. The van der Waals surface area contributed by atoms with E-state index >= 15 is 0 Å². The molecule has 0 spiro atoms. The van der Waals surface area contributed by atoms with Crippen molar-refractivity contribution in [2.24, 2.45) is 7.05 Å². The smallest absolute Gasteiger partial charge is 0.274 e. The number of nitrogens with two attached hydrogens (primary N) is 1. The van der Waals surface area contributed by atoms with Crippen LogP contribution in [-0.2, 0) is 7.05 Å². The Morgan fingerprint density at radius 2 is 2.17 bits per heavy atom. The average molecular weight is 253 g/mol. The highest BCUT2D eigenvalue weighted by Crippen LogP contribution is 2.14. The van der Waals surface area contributed by atoms with E-state index in [0.717, 1.165) is 6.54 Å². The Morgan fingerprint density at radius 3 is 2.56 bits per heavy atom. The van der Waals surface area contributed by atoms with Crippen LogP contribution < -0.4 is 5.73 Å². The molecule has 1 amide bonds. The Morgan fingerprint density at radius 1 is 1.56 bits per heavy atom. The van der Waals surface area contributed by atoms with E-state index in [9.17, 15) is 4.79 Å². The molecule has 0 aliphatic carbocycles. The van der Waals surface area contributed by atoms with E-state index in [1.54, 1.807) is 7.05 Å². The fourth-order valence-corrected chi connectivity index (χ4v) is 2.13. The molecule has 1 heterocycles. The number of nitrogens with zero attached hydrogens (tertiary/aromatic N) is 4. The molecule has 0 saturated carbocycles. The van der Waals surface area contributed by atoms with Crippen molar-refractivity contribution in [1.82, 2.24) is 19.6 Å². The number of anilines is 1. The molecule has 2 N–H and O–H groups in total. The topological polar surface area (TPSA) is 67.4 Å². The van der Waals surface area contributed by atoms with Crippen LogP contribution in [0.2, 0.25) is 0 Å². The zero-order valence-electron chi connectivity index (χ0n) is 11.8. The van der Waals surface area contributed by atoms with Gasteiger partial charge >= 0.3 is 0 Å². The molecule has 18 heavy (non-hydrogen) atoms. The predicted molar refractivity (Wildman–Crippen MR) is 72.3 cm³/mol. The summed E-state index contributed by atoms with van der Waals surface area (Å²) in [4.78, 5) is 16.3. The zero-order chi connectivity index (χ0) is 13.9. The highest BCUT2D eigenvalue weighted by Gasteiger charge is 2.24. The maximum absolute atomic E-state index is 12.5. The summed E-state index contributed by atoms with van der Waals surface area (Å²) in [5.74, 6) is -0.0654. The lowest BCUT2D eigenvalue weighted by Gasteiger charge is -2.30. The first-order valence-corrected chi connectivity index (χ1v) is 6.11. The molecule has 0 bridgehead atoms. The van der Waals surface area contributed by atoms with Crippen molar-refractivity contribution < 1.29 is 4.79 Å². The summed E-state index contributed by atoms with van der Waals surface area (Å²) in [5, 5.41) is 4.01. The van der Waals surface area contributed by atoms with E-state index in [1.807, 2.05) is 32.8 Å². The van der Waals surface area contributed by atoms with Crippen LogP contribution in [0.4, 0.5) is 5.69 Å². The maximum Gasteiger partial charge on any atom is 0.274 e. The molecule has 0 fully saturated rings. The summed E-state index contributed by atoms with van der Waals surface area (Å²) >= 11 is 0. The third-order valence-electron chi connectivity index (χ3n) is 2.93. The number of likely N-dealkylation sites (N-methyl/N-ethyl adjacent to an activating group) is 2. The molecule has 1 aromatic rings. The van der Waals surface area contributed by atoms with Crippen LogP contribution in [0.3, 0.4) is 0 Å². The molecule has 0 aliphatic rings. The lowest BCUT2D eigenvalue weighted by Crippen LogP contribution is -2.44. The van der Waals surface area contributed by atoms with Gasteiger partial charge in [-0.3, -0.25) is 9.48 Å². The average Bonchev–Trinajstić information content (AvgIpc) is 2.58. The highest BCUT2D eigenvalue weighted by atomic mass is 16.2. The van der Waals surface area contributed by atoms with E-state index in [1.165, 1.54) is 10.9 Å². The molecular weight excluding hydrogens is 230 g/mol. The molecule has 6 nitrogen and oxygen atoms in total. The van der Waals surface area contributed by atoms with Gasteiger partial charge in [-0.25, -0.2) is 0 Å². The fraction of sp³-hybridized carbons (Fsp3) is 0.667. The van der Waals surface area contributed by atoms with Crippen molar-refractivity contribution in [2.45, 2.75) is 19.9 Å². The molecule has 6 heteroatoms. The van der Waals surface area contributed by atoms with E-state index in [0.29, 0.717) is 17.9 Å². The van der Waals surface area contributed by atoms with Crippen LogP contribution in [0, 0.1) is 0 Å². The molecular formula is C12H23N5O. The van der Waals surface area contributed by atoms with Gasteiger partial charge in [-0.1, -0.05) is 0 Å². The van der Waals surface area contributed by atoms with Gasteiger partial charge in [-0.15, -0.1) is 0 Å². The van der Waals surface area contributed by atoms with Gasteiger partial charge in [-0.2, -0.15) is 5.10 Å². The van der Waals surface area contributed by atoms with Crippen molar-refractivity contribution in [1.29, 1.82) is 0 Å². The standard InChI is InChI=1S/C12H23N5O/c1-6-17(9(2)8-15(3)4)12(18)11-10(13)7-14-16(11)5/h7,9H,6,8,13H2,1-5H3. The van der Waals surface area contributed by atoms with Gasteiger partial charge in [0, 0.05) is 26.2 Å². The molecule has 1 unspecified atom stereocenters. The normalized spacial score (nSPS) is 12.8. The van der Waals surface area contributed by atoms with Gasteiger partial charge in [-0.05, 0) is 27.9 Å². The summed E-state index contributed by atoms with van der Waals surface area (Å²) in [6.45, 7) is 5.47. The first-order valence-electron chi connectivity index (χ1n) is 6.11. The van der Waals surface area contributed by atoms with Crippen molar-refractivity contribution in [3.63, 3.8) is 0 Å². The third-order valence-corrected chi connectivity index (χ3v) is 2.93. The van der Waals surface area contributed by atoms with Gasteiger partial charge in [0.05, 0.1) is 11.9 Å². The van der Waals surface area contributed by atoms with Gasteiger partial charge in [0.1, 0.15) is 5.69 Å². The summed E-state index contributed by atoms with van der Waals surface area (Å²) in [5.41, 5.74) is 6.68. The molecule has 1 rings (SSSR count). The van der Waals surface area contributed by atoms with E-state index in [-0.39, 0.29) is 11.9 Å². The lowest BCUT2D eigenvalue weighted by atomic mass is 10.2. The summed E-state index contributed by atoms with van der Waals surface area (Å²) < 4.78 is 1.53. The number of carbonyl (C=O) groups is 1. The largest absolute Gasteiger partial charge is 0.396 e. The van der Waals surface area contributed by atoms with Gasteiger partial charge in [0.2, 0.25) is 0 Å². The molecule has 102 valence electrons. The Labute approximate surface area is 108 Å². The Bertz CT molecular complexity index is 393. The second-order valence-electron chi connectivity index (χ2n) is 4.77. The summed E-state index contributed by atoms with van der Waals surface area (Å²) in [6.07, 6.45) is 1.51. The third kappa shape index (κ3) is 3.01. The van der Waals surface area contributed by atoms with Crippen LogP contribution in [0.25, 0.3) is 0 Å². The van der Waals surface area contributed by atoms with Gasteiger partial charge in [0.25, 0.3) is 5.91 Å². The number of hydrogen-bond donors (Lipinski definition) is 1. The highest BCUT2D eigenvalue weighted by molar-refractivity contribution is 5.97. The molecule has 0 aliphatic heterocycles. The van der Waals surface area contributed by atoms with Crippen LogP contribution in [0.5, 0.6) is 0 Å². The molecule has 0 radical (unpaired) electrons. The Kier molecular flexibility index (Phi) is 4.72. The van der Waals surface area contributed by atoms with E-state index in [2.05, 4.69) is 10.00 Å². The number of carbonyl (C=O) groups excluding carboxylic acids is 1. The number of aryl methyl sites for hydroxylation is 1. The van der Waals surface area contributed by atoms with Crippen molar-refractivity contribution in [3.05, 3.63) is 11.9 Å². The Hall–Kier alpha value is -1.56. The van der Waals surface area contributed by atoms with Crippen molar-refractivity contribution in [2.75, 3.05) is 32.9 Å². The molecule has 0 aromatic carbocycles. The number of hydrogen-bond acceptors (Lipinski definition) is 4. The second-order valence-corrected chi connectivity index (χ2v) is 4.77. The Balaban J connectivity index is 2.92. The van der Waals surface area contributed by atoms with Crippen LogP contribution in [0.15, 0.2) is 6.20 Å². The minimum atomic E-state index is -0.0654. The first kappa shape index (κ1) is 14.5. The number of amides is 1. The molecule has 0 saturated heterocycles. The van der Waals surface area contributed by atoms with Crippen molar-refractivity contribution >= 4 is 11.6 Å². The molecule has 1 atom stereocenters. The lowest BCUT2D eigenvalue weighted by molar-refractivity contribution is 0.0669. The monoisotopic (exact) mass is 253 g/mol. The number of nitrogen functional groups attached to an aromatic ring is 1. The number of rotatable bonds is 5. The van der Waals surface area contributed by atoms with Crippen LogP contribution >= 0.6 is 0 Å². The van der Waals surface area contributed by atoms with Crippen molar-refractivity contribution in [3.8, 4) is 0 Å². The molecule has 1 aromatic heterocycles. The SMILES string of the molecule is CCN(C(=O)c1c(N)cnn1C)C(C)CN(C)C. The minimum Gasteiger partial charge on any atom is -0.396 e. The fourth-order valence-electron chi connectivity index (χ4n) is 2.13. The van der Waals surface area contributed by atoms with Gasteiger partial charge < -0.3 is 15.5 Å². The van der Waals surface area contributed by atoms with E-state index < -0.39 is 0 Å².